The van der Waals surface area contributed by atoms with Crippen molar-refractivity contribution in [2.24, 2.45) is 0 Å². The molecule has 1 unspecified atom stereocenters. The topological polar surface area (TPSA) is 131 Å². The Morgan fingerprint density at radius 2 is 1.82 bits per heavy atom. The maximum absolute atomic E-state index is 14.3. The highest BCUT2D eigenvalue weighted by Crippen LogP contribution is 2.39. The molecule has 5 atom stereocenters. The van der Waals surface area contributed by atoms with Crippen LogP contribution in [0.5, 0.6) is 0 Å². The van der Waals surface area contributed by atoms with Crippen molar-refractivity contribution in [1.82, 2.24) is 29.8 Å². The van der Waals surface area contributed by atoms with Gasteiger partial charge in [0.15, 0.2) is 5.82 Å². The minimum Gasteiger partial charge on any atom is -0.394 e. The van der Waals surface area contributed by atoms with Crippen LogP contribution in [-0.2, 0) is 4.74 Å². The number of rotatable bonds is 5. The Labute approximate surface area is 229 Å². The van der Waals surface area contributed by atoms with Crippen LogP contribution in [0.25, 0.3) is 16.9 Å². The third-order valence-corrected chi connectivity index (χ3v) is 7.02. The maximum atomic E-state index is 14.3. The summed E-state index contributed by atoms with van der Waals surface area (Å²) in [5, 5.41) is 44.2. The molecule has 2 aromatic carbocycles. The number of ether oxygens (including phenoxy) is 1. The summed E-state index contributed by atoms with van der Waals surface area (Å²) in [6.07, 6.45) is -4.04. The van der Waals surface area contributed by atoms with Gasteiger partial charge in [-0.25, -0.2) is 23.1 Å². The number of aromatic nitrogens is 6. The summed E-state index contributed by atoms with van der Waals surface area (Å²) in [5.74, 6) is -1.21. The molecule has 3 heterocycles. The van der Waals surface area contributed by atoms with Crippen LogP contribution in [0.3, 0.4) is 0 Å². The third-order valence-electron chi connectivity index (χ3n) is 6.12. The first-order valence-corrected chi connectivity index (χ1v) is 12.3. The van der Waals surface area contributed by atoms with E-state index < -0.39 is 48.7 Å². The average molecular weight is 588 g/mol. The van der Waals surface area contributed by atoms with Gasteiger partial charge in [0.1, 0.15) is 58.6 Å². The molecule has 0 aliphatic carbocycles. The van der Waals surface area contributed by atoms with Gasteiger partial charge in [0.05, 0.1) is 23.5 Å². The van der Waals surface area contributed by atoms with Crippen LogP contribution >= 0.6 is 34.8 Å². The second-order valence-electron chi connectivity index (χ2n) is 8.61. The van der Waals surface area contributed by atoms with E-state index in [9.17, 15) is 24.1 Å². The molecule has 1 saturated heterocycles. The van der Waals surface area contributed by atoms with Gasteiger partial charge in [-0.15, -0.1) is 5.10 Å². The molecule has 5 rings (SSSR count). The first-order valence-electron chi connectivity index (χ1n) is 11.2. The highest BCUT2D eigenvalue weighted by molar-refractivity contribution is 6.34. The Kier molecular flexibility index (Phi) is 7.40. The molecule has 3 N–H and O–H groups in total. The molecule has 0 bridgehead atoms. The molecule has 4 aromatic rings. The number of benzene rings is 2. The minimum absolute atomic E-state index is 0.00836. The zero-order valence-electron chi connectivity index (χ0n) is 19.4. The number of hydrogen-bond donors (Lipinski definition) is 3. The quantitative estimate of drug-likeness (QED) is 0.303. The molecule has 2 aromatic heterocycles. The zero-order chi connectivity index (χ0) is 27.3. The predicted octanol–water partition coefficient (Wildman–Crippen LogP) is 3.47. The molecule has 0 spiro atoms. The second kappa shape index (κ2) is 10.5. The van der Waals surface area contributed by atoms with Crippen LogP contribution in [-0.4, -0.2) is 70.0 Å². The number of nitrogens with zero attached hydrogens (tertiary/aromatic N) is 6. The molecule has 10 nitrogen and oxygen atoms in total. The Morgan fingerprint density at radius 1 is 1.05 bits per heavy atom. The van der Waals surface area contributed by atoms with E-state index >= 15 is 0 Å². The lowest BCUT2D eigenvalue weighted by atomic mass is 9.92. The fourth-order valence-electron chi connectivity index (χ4n) is 4.33. The summed E-state index contributed by atoms with van der Waals surface area (Å²) in [6.45, 7) is 0.944. The van der Waals surface area contributed by atoms with Crippen LogP contribution in [0.1, 0.15) is 23.8 Å². The molecular weight excluding hydrogens is 569 g/mol. The van der Waals surface area contributed by atoms with Crippen molar-refractivity contribution < 1.29 is 28.8 Å². The molecule has 0 saturated carbocycles. The summed E-state index contributed by atoms with van der Waals surface area (Å²) in [7, 11) is 0. The van der Waals surface area contributed by atoms with Crippen LogP contribution in [0.2, 0.25) is 15.1 Å². The Hall–Kier alpha value is -2.71. The monoisotopic (exact) mass is 586 g/mol. The van der Waals surface area contributed by atoms with Gasteiger partial charge in [0.2, 0.25) is 0 Å². The van der Waals surface area contributed by atoms with Gasteiger partial charge >= 0.3 is 0 Å². The van der Waals surface area contributed by atoms with Crippen molar-refractivity contribution in [3.8, 4) is 16.9 Å². The zero-order valence-corrected chi connectivity index (χ0v) is 21.6. The third kappa shape index (κ3) is 4.77. The number of aliphatic hydroxyl groups is 3. The molecule has 38 heavy (non-hydrogen) atoms. The van der Waals surface area contributed by atoms with E-state index in [0.29, 0.717) is 5.56 Å². The number of halogens is 5. The van der Waals surface area contributed by atoms with E-state index in [-0.39, 0.29) is 38.1 Å². The largest absolute Gasteiger partial charge is 0.394 e. The van der Waals surface area contributed by atoms with E-state index in [1.807, 2.05) is 0 Å². The van der Waals surface area contributed by atoms with E-state index in [1.54, 1.807) is 6.92 Å². The minimum atomic E-state index is -1.52. The molecule has 15 heteroatoms. The van der Waals surface area contributed by atoms with Gasteiger partial charge < -0.3 is 20.1 Å². The lowest BCUT2D eigenvalue weighted by Crippen LogP contribution is -2.53. The van der Waals surface area contributed by atoms with E-state index in [4.69, 9.17) is 39.5 Å². The van der Waals surface area contributed by atoms with Crippen molar-refractivity contribution >= 4 is 34.8 Å². The van der Waals surface area contributed by atoms with Gasteiger partial charge in [-0.05, 0) is 31.2 Å². The van der Waals surface area contributed by atoms with Crippen molar-refractivity contribution in [2.45, 2.75) is 37.4 Å². The fraction of sp³-hybridized carbons (Fsp3) is 0.304. The number of hydrogen-bond acceptors (Lipinski definition) is 8. The van der Waals surface area contributed by atoms with Crippen molar-refractivity contribution in [3.05, 3.63) is 74.9 Å². The van der Waals surface area contributed by atoms with E-state index in [1.165, 1.54) is 39.8 Å². The summed E-state index contributed by atoms with van der Waals surface area (Å²) >= 11 is 18.0. The number of aryl methyl sites for hydroxylation is 1. The van der Waals surface area contributed by atoms with Crippen LogP contribution in [0, 0.1) is 18.6 Å². The molecule has 0 radical (unpaired) electrons. The number of aliphatic hydroxyl groups excluding tert-OH is 3. The normalized spacial score (nSPS) is 23.7. The van der Waals surface area contributed by atoms with Gasteiger partial charge in [-0.2, -0.15) is 5.10 Å². The van der Waals surface area contributed by atoms with Gasteiger partial charge in [-0.1, -0.05) is 46.1 Å². The van der Waals surface area contributed by atoms with Gasteiger partial charge in [0.25, 0.3) is 0 Å². The molecular formula is C23H19Cl3F2N6O4. The standard InChI is InChI=1S/C23H19Cl3F2N6O4/c1-9-29-23(34(31-9)16-6-11(24)5-14(28)18(16)26)22-21(37)19(20(36)17(8-35)38-22)33-7-15(30-32-33)10-2-3-12(25)13(27)4-10/h2-7,17,19-22,35-37H,8H2,1H3/t17-,19+,20?,21-,22-/m1/s1. The highest BCUT2D eigenvalue weighted by Gasteiger charge is 2.48. The molecule has 1 fully saturated rings. The van der Waals surface area contributed by atoms with E-state index in [0.717, 1.165) is 6.07 Å². The smallest absolute Gasteiger partial charge is 0.164 e. The first-order chi connectivity index (χ1) is 18.1. The summed E-state index contributed by atoms with van der Waals surface area (Å²) < 4.78 is 36.5. The molecule has 1 aliphatic heterocycles. The van der Waals surface area contributed by atoms with Crippen LogP contribution in [0.15, 0.2) is 36.5 Å². The summed E-state index contributed by atoms with van der Waals surface area (Å²) in [4.78, 5) is 4.33. The summed E-state index contributed by atoms with van der Waals surface area (Å²) in [5.41, 5.74) is 0.639. The Bertz CT molecular complexity index is 1500. The van der Waals surface area contributed by atoms with Crippen molar-refractivity contribution in [1.29, 1.82) is 0 Å². The predicted molar refractivity (Wildman–Crippen MR) is 132 cm³/mol. The Morgan fingerprint density at radius 3 is 2.53 bits per heavy atom. The lowest BCUT2D eigenvalue weighted by Gasteiger charge is -2.41. The Balaban J connectivity index is 1.56. The van der Waals surface area contributed by atoms with Crippen LogP contribution < -0.4 is 0 Å². The maximum Gasteiger partial charge on any atom is 0.164 e. The van der Waals surface area contributed by atoms with Gasteiger partial charge in [-0.3, -0.25) is 0 Å². The van der Waals surface area contributed by atoms with E-state index in [2.05, 4.69) is 20.4 Å². The average Bonchev–Trinajstić information content (AvgIpc) is 3.50. The molecule has 0 amide bonds. The second-order valence-corrected chi connectivity index (χ2v) is 9.83. The fourth-order valence-corrected chi connectivity index (χ4v) is 4.83. The van der Waals surface area contributed by atoms with Crippen molar-refractivity contribution in [2.75, 3.05) is 6.61 Å². The first kappa shape index (κ1) is 26.9. The summed E-state index contributed by atoms with van der Waals surface area (Å²) in [6, 6.07) is 5.28. The molecule has 1 aliphatic rings. The van der Waals surface area contributed by atoms with Crippen molar-refractivity contribution in [3.63, 3.8) is 0 Å². The lowest BCUT2D eigenvalue weighted by molar-refractivity contribution is -0.210. The SMILES string of the molecule is Cc1nc([C@@H]2O[C@H](CO)C(O)[C@H](n3cc(-c4ccc(Cl)c(F)c4)nn3)[C@H]2O)n(-c2cc(Cl)cc(F)c2Cl)n1. The highest BCUT2D eigenvalue weighted by atomic mass is 35.5. The van der Waals surface area contributed by atoms with Crippen LogP contribution in [0.4, 0.5) is 8.78 Å². The molecule has 200 valence electrons. The van der Waals surface area contributed by atoms with Gasteiger partial charge in [0, 0.05) is 10.6 Å².